The van der Waals surface area contributed by atoms with Crippen molar-refractivity contribution in [3.8, 4) is 0 Å². The van der Waals surface area contributed by atoms with Crippen molar-refractivity contribution in [1.82, 2.24) is 5.32 Å². The van der Waals surface area contributed by atoms with Gasteiger partial charge in [-0.25, -0.2) is 0 Å². The fourth-order valence-electron chi connectivity index (χ4n) is 5.20. The molecule has 1 saturated carbocycles. The molecule has 1 amide bonds. The molecule has 0 bridgehead atoms. The Hall–Kier alpha value is -1.13. The highest BCUT2D eigenvalue weighted by atomic mass is 16.7. The highest BCUT2D eigenvalue weighted by Crippen LogP contribution is 2.31. The van der Waals surface area contributed by atoms with Gasteiger partial charge in [0, 0.05) is 12.6 Å². The maximum atomic E-state index is 12.8. The Morgan fingerprint density at radius 3 is 2.19 bits per heavy atom. The lowest BCUT2D eigenvalue weighted by Crippen LogP contribution is -2.74. The lowest BCUT2D eigenvalue weighted by Gasteiger charge is -2.49. The quantitative estimate of drug-likeness (QED) is 0.0816. The minimum atomic E-state index is -1.66. The van der Waals surface area contributed by atoms with Gasteiger partial charge in [0.1, 0.15) is 42.7 Å². The largest absolute Gasteiger partial charge is 0.394 e. The molecule has 248 valence electrons. The summed E-state index contributed by atoms with van der Waals surface area (Å²) in [5.41, 5.74) is 29.4. The van der Waals surface area contributed by atoms with E-state index < -0.39 is 104 Å². The number of hydrogen-bond donors (Lipinski definition) is 13. The van der Waals surface area contributed by atoms with E-state index in [1.807, 2.05) is 0 Å². The molecule has 2 rings (SSSR count). The zero-order valence-corrected chi connectivity index (χ0v) is 24.1. The third-order valence-electron chi connectivity index (χ3n) is 8.21. The maximum Gasteiger partial charge on any atom is 0.249 e. The first-order chi connectivity index (χ1) is 19.7. The molecule has 1 saturated heterocycles. The fraction of sp³-hybridized carbons (Fsp3) is 0.960. The van der Waals surface area contributed by atoms with Crippen LogP contribution in [0.2, 0.25) is 0 Å². The van der Waals surface area contributed by atoms with Gasteiger partial charge >= 0.3 is 0 Å². The van der Waals surface area contributed by atoms with Gasteiger partial charge in [0.2, 0.25) is 5.91 Å². The summed E-state index contributed by atoms with van der Waals surface area (Å²) in [6.07, 6.45) is -14.5. The maximum absolute atomic E-state index is 12.8. The molecule has 9 unspecified atom stereocenters. The Morgan fingerprint density at radius 1 is 0.976 bits per heavy atom. The van der Waals surface area contributed by atoms with Gasteiger partial charge in [0.25, 0.3) is 0 Å². The minimum Gasteiger partial charge on any atom is -0.394 e. The molecule has 0 aromatic rings. The van der Waals surface area contributed by atoms with Crippen LogP contribution in [0.1, 0.15) is 33.1 Å². The molecule has 17 nitrogen and oxygen atoms in total. The van der Waals surface area contributed by atoms with E-state index in [9.17, 15) is 40.5 Å². The Kier molecular flexibility index (Phi) is 14.8. The molecular weight excluding hydrogens is 560 g/mol. The number of aliphatic hydroxyl groups is 7. The summed E-state index contributed by atoms with van der Waals surface area (Å²) in [5, 5.41) is 75.8. The number of hydrogen-bond acceptors (Lipinski definition) is 16. The van der Waals surface area contributed by atoms with Gasteiger partial charge in [0.05, 0.1) is 43.0 Å². The molecule has 17 heteroatoms. The van der Waals surface area contributed by atoms with Crippen LogP contribution in [0, 0.1) is 5.92 Å². The Labute approximate surface area is 245 Å². The number of ether oxygens (including phenoxy) is 3. The van der Waals surface area contributed by atoms with Gasteiger partial charge in [-0.05, 0) is 38.6 Å². The number of amides is 1. The number of rotatable bonds is 15. The van der Waals surface area contributed by atoms with Crippen molar-refractivity contribution in [3.05, 3.63) is 0 Å². The topological polar surface area (TPSA) is 328 Å². The van der Waals surface area contributed by atoms with Crippen molar-refractivity contribution in [2.24, 2.45) is 34.6 Å². The van der Waals surface area contributed by atoms with Crippen molar-refractivity contribution in [2.45, 2.75) is 125 Å². The first-order valence-corrected chi connectivity index (χ1v) is 14.3. The van der Waals surface area contributed by atoms with Gasteiger partial charge in [-0.1, -0.05) is 6.92 Å². The Bertz CT molecular complexity index is 819. The van der Waals surface area contributed by atoms with Gasteiger partial charge in [0.15, 0.2) is 6.29 Å². The summed E-state index contributed by atoms with van der Waals surface area (Å²) in [6, 6.07) is -4.68. The Balaban J connectivity index is 2.32. The van der Waals surface area contributed by atoms with Crippen LogP contribution in [0.15, 0.2) is 0 Å². The SMILES string of the molecule is C[C@H](CC(N)[C@H](C)OC1C(O)[C@@H](O[C@H]2OC(CO)[C@@H](O)C(N)C2O)C(NC(=O)[C@@H](O)CCCN)C(O)[C@@H]1N)C(O)CN. The van der Waals surface area contributed by atoms with Crippen LogP contribution in [0.3, 0.4) is 0 Å². The molecular formula is C25H52N6O11. The lowest BCUT2D eigenvalue weighted by molar-refractivity contribution is -0.312. The molecule has 18 N–H and O–H groups in total. The number of aliphatic hydroxyl groups excluding tert-OH is 7. The van der Waals surface area contributed by atoms with E-state index in [1.54, 1.807) is 13.8 Å². The van der Waals surface area contributed by atoms with Crippen LogP contribution in [-0.2, 0) is 19.0 Å². The normalized spacial score (nSPS) is 39.2. The predicted molar refractivity (Wildman–Crippen MR) is 148 cm³/mol. The highest BCUT2D eigenvalue weighted by Gasteiger charge is 2.54. The van der Waals surface area contributed by atoms with Crippen molar-refractivity contribution in [3.63, 3.8) is 0 Å². The van der Waals surface area contributed by atoms with Crippen LogP contribution in [0.5, 0.6) is 0 Å². The Morgan fingerprint density at radius 2 is 1.62 bits per heavy atom. The molecule has 1 aliphatic carbocycles. The first kappa shape index (κ1) is 37.1. The average Bonchev–Trinajstić information content (AvgIpc) is 2.97. The average molecular weight is 613 g/mol. The van der Waals surface area contributed by atoms with Gasteiger partial charge < -0.3 is 83.9 Å². The molecule has 1 heterocycles. The predicted octanol–water partition coefficient (Wildman–Crippen LogP) is -6.77. The number of carbonyl (C=O) groups excluding carboxylic acids is 1. The van der Waals surface area contributed by atoms with Crippen LogP contribution in [-0.4, -0.2) is 153 Å². The van der Waals surface area contributed by atoms with E-state index in [0.29, 0.717) is 12.8 Å². The summed E-state index contributed by atoms with van der Waals surface area (Å²) in [6.45, 7) is 2.99. The molecule has 16 atom stereocenters. The molecule has 0 radical (unpaired) electrons. The molecule has 0 spiro atoms. The van der Waals surface area contributed by atoms with Crippen LogP contribution < -0.4 is 34.0 Å². The minimum absolute atomic E-state index is 0.0269. The zero-order chi connectivity index (χ0) is 31.9. The summed E-state index contributed by atoms with van der Waals surface area (Å²) < 4.78 is 17.4. The van der Waals surface area contributed by atoms with Crippen molar-refractivity contribution >= 4 is 5.91 Å². The second-order valence-corrected chi connectivity index (χ2v) is 11.4. The fourth-order valence-corrected chi connectivity index (χ4v) is 5.20. The summed E-state index contributed by atoms with van der Waals surface area (Å²) >= 11 is 0. The molecule has 1 aliphatic heterocycles. The molecule has 0 aromatic heterocycles. The first-order valence-electron chi connectivity index (χ1n) is 14.3. The second-order valence-electron chi connectivity index (χ2n) is 11.4. The van der Waals surface area contributed by atoms with E-state index in [4.69, 9.17) is 42.9 Å². The molecule has 42 heavy (non-hydrogen) atoms. The third kappa shape index (κ3) is 8.96. The number of nitrogens with two attached hydrogens (primary N) is 5. The van der Waals surface area contributed by atoms with E-state index in [2.05, 4.69) is 5.32 Å². The molecule has 2 fully saturated rings. The molecule has 2 aliphatic rings. The van der Waals surface area contributed by atoms with Crippen LogP contribution in [0.4, 0.5) is 0 Å². The lowest BCUT2D eigenvalue weighted by atomic mass is 9.81. The number of nitrogens with one attached hydrogen (secondary N) is 1. The van der Waals surface area contributed by atoms with E-state index >= 15 is 0 Å². The van der Waals surface area contributed by atoms with Crippen LogP contribution in [0.25, 0.3) is 0 Å². The monoisotopic (exact) mass is 612 g/mol. The van der Waals surface area contributed by atoms with E-state index in [1.165, 1.54) is 0 Å². The second kappa shape index (κ2) is 16.8. The van der Waals surface area contributed by atoms with Crippen LogP contribution >= 0.6 is 0 Å². The smallest absolute Gasteiger partial charge is 0.249 e. The van der Waals surface area contributed by atoms with E-state index in [0.717, 1.165) is 0 Å². The summed E-state index contributed by atoms with van der Waals surface area (Å²) in [5.74, 6) is -1.16. The van der Waals surface area contributed by atoms with Crippen molar-refractivity contribution in [2.75, 3.05) is 19.7 Å². The highest BCUT2D eigenvalue weighted by molar-refractivity contribution is 5.80. The zero-order valence-electron chi connectivity index (χ0n) is 24.1. The van der Waals surface area contributed by atoms with Gasteiger partial charge in [-0.3, -0.25) is 4.79 Å². The van der Waals surface area contributed by atoms with Crippen molar-refractivity contribution in [1.29, 1.82) is 0 Å². The third-order valence-corrected chi connectivity index (χ3v) is 8.21. The number of carbonyl (C=O) groups is 1. The van der Waals surface area contributed by atoms with Gasteiger partial charge in [-0.2, -0.15) is 0 Å². The van der Waals surface area contributed by atoms with E-state index in [-0.39, 0.29) is 25.4 Å². The van der Waals surface area contributed by atoms with Crippen molar-refractivity contribution < 1.29 is 54.8 Å². The summed E-state index contributed by atoms with van der Waals surface area (Å²) in [4.78, 5) is 12.8. The van der Waals surface area contributed by atoms with Gasteiger partial charge in [-0.15, -0.1) is 0 Å². The standard InChI is InChI=1S/C25H52N6O11/c1-9(13(34)7-27)6-11(28)10(2)40-22-16(30)19(36)17(31-24(39)12(33)4-3-5-26)23(21(22)38)42-25-20(37)15(29)18(35)14(8-32)41-25/h9-23,25,32-38H,3-8,26-30H2,1-2H3,(H,31,39)/t9-,10+,11?,12+,13?,14?,15?,16+,17?,18-,19?,20?,21?,22?,23+,25-/m1/s1. The molecule has 0 aromatic carbocycles. The summed E-state index contributed by atoms with van der Waals surface area (Å²) in [7, 11) is 0.